The van der Waals surface area contributed by atoms with Crippen molar-refractivity contribution in [2.45, 2.75) is 212 Å². The molecule has 1 fully saturated rings. The number of sulfone groups is 1. The van der Waals surface area contributed by atoms with Crippen LogP contribution in [0.1, 0.15) is 200 Å². The van der Waals surface area contributed by atoms with Crippen LogP contribution in [0.2, 0.25) is 0 Å². The molecule has 0 amide bonds. The Morgan fingerprint density at radius 3 is 1.37 bits per heavy atom. The molecule has 1 saturated heterocycles. The van der Waals surface area contributed by atoms with E-state index in [4.69, 9.17) is 9.47 Å². The highest BCUT2D eigenvalue weighted by atomic mass is 32.2. The van der Waals surface area contributed by atoms with Gasteiger partial charge in [-0.05, 0) is 96.3 Å². The van der Waals surface area contributed by atoms with E-state index in [0.29, 0.717) is 13.0 Å². The van der Waals surface area contributed by atoms with Gasteiger partial charge in [-0.3, -0.25) is 0 Å². The van der Waals surface area contributed by atoms with E-state index >= 15 is 0 Å². The summed E-state index contributed by atoms with van der Waals surface area (Å²) < 4.78 is 36.1. The molecular weight excluding hydrogens is 625 g/mol. The highest BCUT2D eigenvalue weighted by Crippen LogP contribution is 2.36. The highest BCUT2D eigenvalue weighted by Gasteiger charge is 2.40. The van der Waals surface area contributed by atoms with Crippen LogP contribution in [-0.2, 0) is 19.3 Å². The molecule has 286 valence electrons. The van der Waals surface area contributed by atoms with Gasteiger partial charge < -0.3 is 9.47 Å². The fourth-order valence-corrected chi connectivity index (χ4v) is 7.38. The van der Waals surface area contributed by atoms with Gasteiger partial charge in [-0.25, -0.2) is 8.42 Å². The summed E-state index contributed by atoms with van der Waals surface area (Å²) in [5.74, 6) is -0.155. The first-order valence-corrected chi connectivity index (χ1v) is 23.1. The summed E-state index contributed by atoms with van der Waals surface area (Å²) in [6.45, 7) is 5.17. The lowest BCUT2D eigenvalue weighted by Crippen LogP contribution is -2.31. The molecular formula is C44H80O4S. The van der Waals surface area contributed by atoms with Crippen LogP contribution < -0.4 is 0 Å². The van der Waals surface area contributed by atoms with E-state index in [1.807, 2.05) is 0 Å². The van der Waals surface area contributed by atoms with Crippen molar-refractivity contribution in [1.29, 1.82) is 0 Å². The smallest absolute Gasteiger partial charge is 0.168 e. The Morgan fingerprint density at radius 1 is 0.531 bits per heavy atom. The van der Waals surface area contributed by atoms with Gasteiger partial charge in [0.1, 0.15) is 9.84 Å². The van der Waals surface area contributed by atoms with Crippen molar-refractivity contribution in [3.63, 3.8) is 0 Å². The van der Waals surface area contributed by atoms with Gasteiger partial charge in [0.05, 0.1) is 12.7 Å². The van der Waals surface area contributed by atoms with Crippen LogP contribution in [0.3, 0.4) is 0 Å². The Balaban J connectivity index is 2.25. The molecule has 1 aliphatic rings. The van der Waals surface area contributed by atoms with E-state index in [2.05, 4.69) is 62.5 Å². The number of allylic oxidation sites excluding steroid dienone is 8. The number of unbranched alkanes of at least 4 members (excludes halogenated alkanes) is 19. The molecule has 0 bridgehead atoms. The normalized spacial score (nSPS) is 18.8. The third kappa shape index (κ3) is 30.2. The molecule has 0 N–H and O–H groups in total. The second-order valence-electron chi connectivity index (χ2n) is 14.8. The maximum absolute atomic E-state index is 11.5. The first-order chi connectivity index (χ1) is 23.9. The Labute approximate surface area is 306 Å². The number of hydrogen-bond donors (Lipinski definition) is 0. The zero-order valence-corrected chi connectivity index (χ0v) is 33.5. The predicted octanol–water partition coefficient (Wildman–Crippen LogP) is 13.7. The summed E-state index contributed by atoms with van der Waals surface area (Å²) >= 11 is 0. The lowest BCUT2D eigenvalue weighted by Gasteiger charge is -2.28. The second-order valence-corrected chi connectivity index (χ2v) is 17.0. The standard InChI is InChI=1S/C44H80O4S/c1-4-6-8-10-12-14-16-18-20-22-24-26-28-30-32-35-39-44(47-42-43(48-44)38-34-37-41-49(3,45)46)40-36-33-31-29-27-25-23-21-19-17-15-13-11-9-7-5-2/h12-15,18-21,43H,4-11,16-17,22-42H2,1-3H3. The molecule has 1 aliphatic heterocycles. The summed E-state index contributed by atoms with van der Waals surface area (Å²) in [5.41, 5.74) is 0. The molecule has 1 atom stereocenters. The van der Waals surface area contributed by atoms with E-state index < -0.39 is 15.6 Å². The molecule has 0 spiro atoms. The summed E-state index contributed by atoms with van der Waals surface area (Å²) in [6.07, 6.45) is 54.8. The minimum Gasteiger partial charge on any atom is -0.347 e. The van der Waals surface area contributed by atoms with Crippen molar-refractivity contribution in [2.24, 2.45) is 0 Å². The molecule has 1 rings (SSSR count). The topological polar surface area (TPSA) is 52.6 Å². The Kier molecular flexibility index (Phi) is 30.6. The monoisotopic (exact) mass is 705 g/mol. The van der Waals surface area contributed by atoms with Crippen molar-refractivity contribution in [3.8, 4) is 0 Å². The summed E-state index contributed by atoms with van der Waals surface area (Å²) in [4.78, 5) is 0. The third-order valence-electron chi connectivity index (χ3n) is 9.72. The average Bonchev–Trinajstić information content (AvgIpc) is 3.48. The fourth-order valence-electron chi connectivity index (χ4n) is 6.65. The molecule has 4 nitrogen and oxygen atoms in total. The Hall–Kier alpha value is -1.17. The van der Waals surface area contributed by atoms with E-state index in [0.717, 1.165) is 51.4 Å². The number of hydrogen-bond acceptors (Lipinski definition) is 4. The third-order valence-corrected chi connectivity index (χ3v) is 10.8. The maximum Gasteiger partial charge on any atom is 0.168 e. The summed E-state index contributed by atoms with van der Waals surface area (Å²) in [6, 6.07) is 0. The van der Waals surface area contributed by atoms with Crippen molar-refractivity contribution in [3.05, 3.63) is 48.6 Å². The van der Waals surface area contributed by atoms with Crippen LogP contribution in [-0.4, -0.2) is 38.9 Å². The quantitative estimate of drug-likeness (QED) is 0.0487. The minimum absolute atomic E-state index is 0.105. The van der Waals surface area contributed by atoms with Crippen LogP contribution in [0.4, 0.5) is 0 Å². The van der Waals surface area contributed by atoms with E-state index in [1.165, 1.54) is 135 Å². The molecule has 0 aromatic heterocycles. The molecule has 0 radical (unpaired) electrons. The molecule has 5 heteroatoms. The van der Waals surface area contributed by atoms with Gasteiger partial charge in [0.25, 0.3) is 0 Å². The SMILES string of the molecule is CCCCCC=CCC=CCCCCCCCCC1(CCCCCCCCC=CCC=CCCCCC)OCC(CCCCS(C)(=O)=O)O1. The van der Waals surface area contributed by atoms with Gasteiger partial charge in [0.2, 0.25) is 0 Å². The predicted molar refractivity (Wildman–Crippen MR) is 215 cm³/mol. The zero-order valence-electron chi connectivity index (χ0n) is 32.7. The summed E-state index contributed by atoms with van der Waals surface area (Å²) in [7, 11) is -2.89. The lowest BCUT2D eigenvalue weighted by atomic mass is 9.98. The van der Waals surface area contributed by atoms with Crippen LogP contribution in [0.25, 0.3) is 0 Å². The molecule has 0 aliphatic carbocycles. The van der Waals surface area contributed by atoms with Crippen molar-refractivity contribution < 1.29 is 17.9 Å². The minimum atomic E-state index is -2.89. The molecule has 49 heavy (non-hydrogen) atoms. The molecule has 0 aromatic rings. The van der Waals surface area contributed by atoms with Gasteiger partial charge in [0.15, 0.2) is 5.79 Å². The maximum atomic E-state index is 11.5. The van der Waals surface area contributed by atoms with E-state index in [9.17, 15) is 8.42 Å². The van der Waals surface area contributed by atoms with Crippen molar-refractivity contribution in [2.75, 3.05) is 18.6 Å². The van der Waals surface area contributed by atoms with Gasteiger partial charge in [0, 0.05) is 24.9 Å². The molecule has 0 saturated carbocycles. The van der Waals surface area contributed by atoms with Crippen LogP contribution in [0, 0.1) is 0 Å². The van der Waals surface area contributed by atoms with Gasteiger partial charge in [-0.15, -0.1) is 0 Å². The first kappa shape index (κ1) is 45.9. The Bertz CT molecular complexity index is 900. The number of rotatable bonds is 35. The molecule has 1 unspecified atom stereocenters. The highest BCUT2D eigenvalue weighted by molar-refractivity contribution is 7.90. The van der Waals surface area contributed by atoms with Crippen LogP contribution in [0.15, 0.2) is 48.6 Å². The van der Waals surface area contributed by atoms with Crippen molar-refractivity contribution in [1.82, 2.24) is 0 Å². The summed E-state index contributed by atoms with van der Waals surface area (Å²) in [5, 5.41) is 0. The Morgan fingerprint density at radius 2 is 0.939 bits per heavy atom. The zero-order chi connectivity index (χ0) is 35.6. The lowest BCUT2D eigenvalue weighted by molar-refractivity contribution is -0.180. The van der Waals surface area contributed by atoms with Crippen LogP contribution in [0.5, 0.6) is 0 Å². The first-order valence-electron chi connectivity index (χ1n) is 21.0. The fraction of sp³-hybridized carbons (Fsp3) is 0.818. The number of ether oxygens (including phenoxy) is 2. The molecule has 1 heterocycles. The van der Waals surface area contributed by atoms with Gasteiger partial charge in [-0.1, -0.05) is 140 Å². The van der Waals surface area contributed by atoms with E-state index in [1.54, 1.807) is 0 Å². The largest absolute Gasteiger partial charge is 0.347 e. The van der Waals surface area contributed by atoms with Crippen molar-refractivity contribution >= 4 is 9.84 Å². The second kappa shape index (κ2) is 32.7. The molecule has 0 aromatic carbocycles. The van der Waals surface area contributed by atoms with Crippen LogP contribution >= 0.6 is 0 Å². The van der Waals surface area contributed by atoms with E-state index in [-0.39, 0.29) is 11.9 Å². The van der Waals surface area contributed by atoms with Gasteiger partial charge in [-0.2, -0.15) is 0 Å². The average molecular weight is 705 g/mol. The van der Waals surface area contributed by atoms with Gasteiger partial charge >= 0.3 is 0 Å².